The van der Waals surface area contributed by atoms with Crippen molar-refractivity contribution in [1.29, 1.82) is 0 Å². The van der Waals surface area contributed by atoms with Crippen molar-refractivity contribution < 1.29 is 19.0 Å². The molecular weight excluding hydrogens is 320 g/mol. The first kappa shape index (κ1) is 17.1. The van der Waals surface area contributed by atoms with Crippen molar-refractivity contribution in [2.24, 2.45) is 0 Å². The monoisotopic (exact) mass is 342 g/mol. The maximum absolute atomic E-state index is 11.9. The Labute approximate surface area is 147 Å². The van der Waals surface area contributed by atoms with E-state index in [1.807, 2.05) is 24.3 Å². The minimum absolute atomic E-state index is 0.127. The molecular formula is C19H22N2O4. The van der Waals surface area contributed by atoms with Crippen LogP contribution >= 0.6 is 0 Å². The van der Waals surface area contributed by atoms with E-state index in [1.54, 1.807) is 31.4 Å². The van der Waals surface area contributed by atoms with Gasteiger partial charge in [-0.25, -0.2) is 4.79 Å². The van der Waals surface area contributed by atoms with E-state index >= 15 is 0 Å². The average molecular weight is 342 g/mol. The summed E-state index contributed by atoms with van der Waals surface area (Å²) in [5.41, 5.74) is 0.692. The molecule has 6 heteroatoms. The van der Waals surface area contributed by atoms with Crippen LogP contribution in [-0.4, -0.2) is 32.4 Å². The van der Waals surface area contributed by atoms with Crippen molar-refractivity contribution in [1.82, 2.24) is 5.32 Å². The number of hydrogen-bond donors (Lipinski definition) is 2. The fraction of sp³-hybridized carbons (Fsp3) is 0.316. The van der Waals surface area contributed by atoms with Gasteiger partial charge in [0.2, 0.25) is 0 Å². The molecule has 2 aromatic rings. The van der Waals surface area contributed by atoms with E-state index in [1.165, 1.54) is 0 Å². The zero-order valence-corrected chi connectivity index (χ0v) is 14.2. The van der Waals surface area contributed by atoms with Crippen LogP contribution in [0.4, 0.5) is 10.5 Å². The second-order valence-electron chi connectivity index (χ2n) is 5.75. The summed E-state index contributed by atoms with van der Waals surface area (Å²) in [7, 11) is 1.60. The number of rotatable bonds is 6. The predicted octanol–water partition coefficient (Wildman–Crippen LogP) is 3.79. The van der Waals surface area contributed by atoms with Gasteiger partial charge >= 0.3 is 6.03 Å². The van der Waals surface area contributed by atoms with Crippen molar-refractivity contribution >= 4 is 11.7 Å². The van der Waals surface area contributed by atoms with E-state index in [0.29, 0.717) is 29.5 Å². The van der Waals surface area contributed by atoms with Crippen LogP contribution < -0.4 is 20.1 Å². The SMILES string of the molecule is COc1ccccc1Oc1ccc(NC(=O)NCC2CCCO2)cc1. The summed E-state index contributed by atoms with van der Waals surface area (Å²) in [5.74, 6) is 1.97. The Kier molecular flexibility index (Phi) is 5.74. The molecule has 1 saturated heterocycles. The summed E-state index contributed by atoms with van der Waals surface area (Å²) in [4.78, 5) is 11.9. The predicted molar refractivity (Wildman–Crippen MR) is 95.5 cm³/mol. The molecule has 0 spiro atoms. The smallest absolute Gasteiger partial charge is 0.319 e. The quantitative estimate of drug-likeness (QED) is 0.838. The van der Waals surface area contributed by atoms with Crippen molar-refractivity contribution in [2.75, 3.05) is 25.6 Å². The first-order valence-electron chi connectivity index (χ1n) is 8.32. The highest BCUT2D eigenvalue weighted by Crippen LogP contribution is 2.31. The topological polar surface area (TPSA) is 68.8 Å². The van der Waals surface area contributed by atoms with Crippen molar-refractivity contribution in [3.8, 4) is 17.2 Å². The number of para-hydroxylation sites is 2. The molecule has 2 aromatic carbocycles. The van der Waals surface area contributed by atoms with E-state index in [-0.39, 0.29) is 12.1 Å². The van der Waals surface area contributed by atoms with Crippen LogP contribution in [0.5, 0.6) is 17.2 Å². The lowest BCUT2D eigenvalue weighted by Crippen LogP contribution is -2.34. The van der Waals surface area contributed by atoms with Gasteiger partial charge in [0.15, 0.2) is 11.5 Å². The molecule has 2 amide bonds. The number of hydrogen-bond acceptors (Lipinski definition) is 4. The zero-order chi connectivity index (χ0) is 17.5. The molecule has 0 aliphatic carbocycles. The molecule has 6 nitrogen and oxygen atoms in total. The van der Waals surface area contributed by atoms with Gasteiger partial charge in [0.25, 0.3) is 0 Å². The summed E-state index contributed by atoms with van der Waals surface area (Å²) in [5, 5.41) is 5.61. The number of amides is 2. The van der Waals surface area contributed by atoms with Gasteiger partial charge < -0.3 is 24.8 Å². The second-order valence-corrected chi connectivity index (χ2v) is 5.75. The van der Waals surface area contributed by atoms with Crippen LogP contribution in [0.15, 0.2) is 48.5 Å². The van der Waals surface area contributed by atoms with E-state index in [9.17, 15) is 4.79 Å². The molecule has 1 fully saturated rings. The molecule has 0 bridgehead atoms. The van der Waals surface area contributed by atoms with Gasteiger partial charge in [-0.2, -0.15) is 0 Å². The van der Waals surface area contributed by atoms with Gasteiger partial charge in [-0.15, -0.1) is 0 Å². The minimum Gasteiger partial charge on any atom is -0.493 e. The third kappa shape index (κ3) is 4.87. The van der Waals surface area contributed by atoms with Gasteiger partial charge in [0.05, 0.1) is 13.2 Å². The standard InChI is InChI=1S/C19H22N2O4/c1-23-17-6-2-3-7-18(17)25-15-10-8-14(9-11-15)21-19(22)20-13-16-5-4-12-24-16/h2-3,6-11,16H,4-5,12-13H2,1H3,(H2,20,21,22). The molecule has 0 aromatic heterocycles. The lowest BCUT2D eigenvalue weighted by Gasteiger charge is -2.12. The number of methoxy groups -OCH3 is 1. The third-order valence-electron chi connectivity index (χ3n) is 3.92. The number of carbonyl (C=O) groups excluding carboxylic acids is 1. The van der Waals surface area contributed by atoms with Crippen LogP contribution in [0.1, 0.15) is 12.8 Å². The van der Waals surface area contributed by atoms with Crippen LogP contribution in [0.2, 0.25) is 0 Å². The van der Waals surface area contributed by atoms with Crippen molar-refractivity contribution in [3.05, 3.63) is 48.5 Å². The normalized spacial score (nSPS) is 16.3. The van der Waals surface area contributed by atoms with Crippen LogP contribution in [0.25, 0.3) is 0 Å². The highest BCUT2D eigenvalue weighted by molar-refractivity contribution is 5.89. The fourth-order valence-corrected chi connectivity index (χ4v) is 2.62. The number of nitrogens with one attached hydrogen (secondary N) is 2. The summed E-state index contributed by atoms with van der Waals surface area (Å²) in [6.45, 7) is 1.31. The lowest BCUT2D eigenvalue weighted by molar-refractivity contribution is 0.112. The fourth-order valence-electron chi connectivity index (χ4n) is 2.62. The molecule has 1 unspecified atom stereocenters. The van der Waals surface area contributed by atoms with Crippen LogP contribution in [0, 0.1) is 0 Å². The number of anilines is 1. The highest BCUT2D eigenvalue weighted by atomic mass is 16.5. The van der Waals surface area contributed by atoms with Gasteiger partial charge in [-0.3, -0.25) is 0 Å². The second kappa shape index (κ2) is 8.39. The molecule has 0 radical (unpaired) electrons. The maximum atomic E-state index is 11.9. The largest absolute Gasteiger partial charge is 0.493 e. The third-order valence-corrected chi connectivity index (χ3v) is 3.92. The molecule has 2 N–H and O–H groups in total. The number of benzene rings is 2. The van der Waals surface area contributed by atoms with E-state index < -0.39 is 0 Å². The Morgan fingerprint density at radius 1 is 1.16 bits per heavy atom. The van der Waals surface area contributed by atoms with Gasteiger partial charge in [-0.05, 0) is 49.2 Å². The Hall–Kier alpha value is -2.73. The van der Waals surface area contributed by atoms with E-state index in [4.69, 9.17) is 14.2 Å². The number of urea groups is 1. The molecule has 3 rings (SSSR count). The van der Waals surface area contributed by atoms with Crippen molar-refractivity contribution in [2.45, 2.75) is 18.9 Å². The molecule has 1 aliphatic rings. The maximum Gasteiger partial charge on any atom is 0.319 e. The van der Waals surface area contributed by atoms with E-state index in [2.05, 4.69) is 10.6 Å². The molecule has 0 saturated carbocycles. The van der Waals surface area contributed by atoms with Crippen LogP contribution in [-0.2, 0) is 4.74 Å². The Bertz CT molecular complexity index is 697. The molecule has 1 heterocycles. The number of ether oxygens (including phenoxy) is 3. The Morgan fingerprint density at radius 3 is 2.60 bits per heavy atom. The average Bonchev–Trinajstić information content (AvgIpc) is 3.16. The van der Waals surface area contributed by atoms with Gasteiger partial charge in [-0.1, -0.05) is 12.1 Å². The van der Waals surface area contributed by atoms with Crippen molar-refractivity contribution in [3.63, 3.8) is 0 Å². The Balaban J connectivity index is 1.52. The van der Waals surface area contributed by atoms with Gasteiger partial charge in [0.1, 0.15) is 5.75 Å². The molecule has 1 atom stereocenters. The lowest BCUT2D eigenvalue weighted by atomic mass is 10.2. The van der Waals surface area contributed by atoms with Crippen LogP contribution in [0.3, 0.4) is 0 Å². The molecule has 25 heavy (non-hydrogen) atoms. The summed E-state index contributed by atoms with van der Waals surface area (Å²) in [6.07, 6.45) is 2.18. The first-order valence-corrected chi connectivity index (χ1v) is 8.32. The minimum atomic E-state index is -0.242. The molecule has 1 aliphatic heterocycles. The zero-order valence-electron chi connectivity index (χ0n) is 14.2. The Morgan fingerprint density at radius 2 is 1.92 bits per heavy atom. The number of carbonyl (C=O) groups is 1. The first-order chi connectivity index (χ1) is 12.2. The summed E-state index contributed by atoms with van der Waals surface area (Å²) >= 11 is 0. The highest BCUT2D eigenvalue weighted by Gasteiger charge is 2.16. The molecule has 132 valence electrons. The summed E-state index contributed by atoms with van der Waals surface area (Å²) in [6, 6.07) is 14.4. The van der Waals surface area contributed by atoms with E-state index in [0.717, 1.165) is 19.4 Å². The summed E-state index contributed by atoms with van der Waals surface area (Å²) < 4.78 is 16.5. The van der Waals surface area contributed by atoms with Gasteiger partial charge in [0, 0.05) is 18.8 Å².